The van der Waals surface area contributed by atoms with Crippen LogP contribution in [0.2, 0.25) is 0 Å². The summed E-state index contributed by atoms with van der Waals surface area (Å²) in [5.41, 5.74) is 0.802. The van der Waals surface area contributed by atoms with Crippen LogP contribution in [0.5, 0.6) is 0 Å². The van der Waals surface area contributed by atoms with Crippen LogP contribution in [0, 0.1) is 23.2 Å². The SMILES string of the molecule is CC1(C)[C@@H]2[C@@H](C(=O)O)N(C(=O)[C@H](Cc3ccncc3)NC(=O)CC3CCOC3)C[C@@H]21. The van der Waals surface area contributed by atoms with Gasteiger partial charge < -0.3 is 20.1 Å². The Morgan fingerprint density at radius 3 is 2.70 bits per heavy atom. The Kier molecular flexibility index (Phi) is 5.53. The third-order valence-electron chi connectivity index (χ3n) is 7.07. The second-order valence-corrected chi connectivity index (χ2v) is 9.34. The van der Waals surface area contributed by atoms with Crippen LogP contribution in [0.3, 0.4) is 0 Å². The molecule has 3 fully saturated rings. The Balaban J connectivity index is 1.50. The summed E-state index contributed by atoms with van der Waals surface area (Å²) in [6, 6.07) is 1.97. The molecule has 1 aromatic rings. The van der Waals surface area contributed by atoms with Gasteiger partial charge in [0.05, 0.1) is 0 Å². The number of carboxylic acid groups (broad SMARTS) is 1. The first-order valence-electron chi connectivity index (χ1n) is 10.6. The number of hydrogen-bond acceptors (Lipinski definition) is 5. The minimum atomic E-state index is -0.974. The number of aliphatic carboxylic acids is 1. The largest absolute Gasteiger partial charge is 0.480 e. The highest BCUT2D eigenvalue weighted by atomic mass is 16.5. The van der Waals surface area contributed by atoms with Crippen molar-refractivity contribution in [2.24, 2.45) is 23.2 Å². The number of piperidine rings is 1. The van der Waals surface area contributed by atoms with Crippen LogP contribution >= 0.6 is 0 Å². The van der Waals surface area contributed by atoms with Gasteiger partial charge in [-0.1, -0.05) is 13.8 Å². The Labute approximate surface area is 176 Å². The summed E-state index contributed by atoms with van der Waals surface area (Å²) in [5, 5.41) is 12.7. The fourth-order valence-corrected chi connectivity index (χ4v) is 5.21. The number of likely N-dealkylation sites (tertiary alicyclic amines) is 1. The molecule has 2 amide bonds. The molecule has 0 spiro atoms. The first kappa shape index (κ1) is 20.8. The molecule has 1 saturated carbocycles. The number of carbonyl (C=O) groups excluding carboxylic acids is 2. The second kappa shape index (κ2) is 7.98. The van der Waals surface area contributed by atoms with Crippen molar-refractivity contribution in [1.29, 1.82) is 0 Å². The van der Waals surface area contributed by atoms with Crippen LogP contribution < -0.4 is 5.32 Å². The van der Waals surface area contributed by atoms with Gasteiger partial charge in [-0.15, -0.1) is 0 Å². The highest BCUT2D eigenvalue weighted by molar-refractivity contribution is 5.92. The highest BCUT2D eigenvalue weighted by Crippen LogP contribution is 2.64. The van der Waals surface area contributed by atoms with Crippen LogP contribution in [0.15, 0.2) is 24.5 Å². The third-order valence-corrected chi connectivity index (χ3v) is 7.07. The van der Waals surface area contributed by atoms with Crippen molar-refractivity contribution in [1.82, 2.24) is 15.2 Å². The quantitative estimate of drug-likeness (QED) is 0.690. The van der Waals surface area contributed by atoms with E-state index >= 15 is 0 Å². The molecule has 162 valence electrons. The van der Waals surface area contributed by atoms with E-state index < -0.39 is 18.1 Å². The average molecular weight is 415 g/mol. The van der Waals surface area contributed by atoms with Gasteiger partial charge >= 0.3 is 5.97 Å². The molecule has 4 rings (SSSR count). The standard InChI is InChI=1S/C22H29N3O5/c1-22(2)15-11-25(19(18(15)22)21(28)29)20(27)16(9-13-3-6-23-7-4-13)24-17(26)10-14-5-8-30-12-14/h3-4,6-7,14-16,18-19H,5,8-12H2,1-2H3,(H,24,26)(H,28,29)/t14?,15-,16-,18-,19-/m0/s1. The molecule has 8 nitrogen and oxygen atoms in total. The summed E-state index contributed by atoms with van der Waals surface area (Å²) in [6.45, 7) is 5.75. The lowest BCUT2D eigenvalue weighted by Gasteiger charge is -2.31. The number of fused-ring (bicyclic) bond motifs is 1. The first-order valence-corrected chi connectivity index (χ1v) is 10.6. The van der Waals surface area contributed by atoms with E-state index in [1.807, 2.05) is 0 Å². The fraction of sp³-hybridized carbons (Fsp3) is 0.636. The van der Waals surface area contributed by atoms with Gasteiger partial charge in [-0.25, -0.2) is 4.79 Å². The number of pyridine rings is 1. The molecular weight excluding hydrogens is 386 g/mol. The van der Waals surface area contributed by atoms with E-state index in [4.69, 9.17) is 4.74 Å². The van der Waals surface area contributed by atoms with Gasteiger partial charge in [0, 0.05) is 50.9 Å². The molecular formula is C22H29N3O5. The molecule has 3 aliphatic rings. The van der Waals surface area contributed by atoms with E-state index in [1.54, 1.807) is 24.5 Å². The number of carboxylic acids is 1. The zero-order chi connectivity index (χ0) is 21.5. The normalized spacial score (nSPS) is 29.9. The van der Waals surface area contributed by atoms with Gasteiger partial charge in [0.25, 0.3) is 0 Å². The molecule has 2 aliphatic heterocycles. The van der Waals surface area contributed by atoms with Crippen LogP contribution in [-0.2, 0) is 25.5 Å². The molecule has 0 bridgehead atoms. The Hall–Kier alpha value is -2.48. The Morgan fingerprint density at radius 2 is 2.07 bits per heavy atom. The topological polar surface area (TPSA) is 109 Å². The van der Waals surface area contributed by atoms with E-state index in [9.17, 15) is 19.5 Å². The summed E-state index contributed by atoms with van der Waals surface area (Å²) in [7, 11) is 0. The smallest absolute Gasteiger partial charge is 0.326 e. The van der Waals surface area contributed by atoms with Crippen molar-refractivity contribution < 1.29 is 24.2 Å². The Morgan fingerprint density at radius 1 is 1.33 bits per heavy atom. The summed E-state index contributed by atoms with van der Waals surface area (Å²) < 4.78 is 5.34. The van der Waals surface area contributed by atoms with Gasteiger partial charge in [0.2, 0.25) is 11.8 Å². The first-order chi connectivity index (χ1) is 14.3. The molecule has 3 heterocycles. The average Bonchev–Trinajstić information content (AvgIpc) is 3.14. The van der Waals surface area contributed by atoms with Crippen molar-refractivity contribution in [3.8, 4) is 0 Å². The van der Waals surface area contributed by atoms with Crippen molar-refractivity contribution >= 4 is 17.8 Å². The van der Waals surface area contributed by atoms with Crippen molar-refractivity contribution in [3.63, 3.8) is 0 Å². The summed E-state index contributed by atoms with van der Waals surface area (Å²) in [4.78, 5) is 43.5. The zero-order valence-electron chi connectivity index (χ0n) is 17.4. The second-order valence-electron chi connectivity index (χ2n) is 9.34. The number of rotatable bonds is 7. The Bertz CT molecular complexity index is 821. The number of nitrogens with zero attached hydrogens (tertiary/aromatic N) is 2. The van der Waals surface area contributed by atoms with Crippen LogP contribution in [-0.4, -0.2) is 64.6 Å². The summed E-state index contributed by atoms with van der Waals surface area (Å²) >= 11 is 0. The summed E-state index contributed by atoms with van der Waals surface area (Å²) in [6.07, 6.45) is 4.73. The molecule has 2 N–H and O–H groups in total. The molecule has 1 unspecified atom stereocenters. The van der Waals surface area contributed by atoms with E-state index in [1.165, 1.54) is 4.90 Å². The van der Waals surface area contributed by atoms with Gasteiger partial charge in [-0.3, -0.25) is 14.6 Å². The number of nitrogens with one attached hydrogen (secondary N) is 1. The minimum Gasteiger partial charge on any atom is -0.480 e. The highest BCUT2D eigenvalue weighted by Gasteiger charge is 2.69. The monoisotopic (exact) mass is 415 g/mol. The van der Waals surface area contributed by atoms with Gasteiger partial charge in [-0.05, 0) is 41.4 Å². The number of carbonyl (C=O) groups is 3. The lowest BCUT2D eigenvalue weighted by Crippen LogP contribution is -2.54. The maximum absolute atomic E-state index is 13.4. The molecule has 8 heteroatoms. The predicted octanol–water partition coefficient (Wildman–Crippen LogP) is 1.10. The van der Waals surface area contributed by atoms with E-state index in [-0.39, 0.29) is 35.0 Å². The number of aromatic nitrogens is 1. The lowest BCUT2D eigenvalue weighted by molar-refractivity contribution is -0.151. The van der Waals surface area contributed by atoms with E-state index in [2.05, 4.69) is 24.1 Å². The van der Waals surface area contributed by atoms with Gasteiger partial charge in [0.15, 0.2) is 0 Å². The number of ether oxygens (including phenoxy) is 1. The molecule has 30 heavy (non-hydrogen) atoms. The van der Waals surface area contributed by atoms with Crippen molar-refractivity contribution in [2.75, 3.05) is 19.8 Å². The van der Waals surface area contributed by atoms with Crippen LogP contribution in [0.25, 0.3) is 0 Å². The summed E-state index contributed by atoms with van der Waals surface area (Å²) in [5.74, 6) is -1.18. The van der Waals surface area contributed by atoms with E-state index in [0.717, 1.165) is 12.0 Å². The molecule has 2 saturated heterocycles. The van der Waals surface area contributed by atoms with Crippen LogP contribution in [0.1, 0.15) is 32.3 Å². The molecule has 1 aromatic heterocycles. The number of amides is 2. The van der Waals surface area contributed by atoms with Gasteiger partial charge in [-0.2, -0.15) is 0 Å². The maximum atomic E-state index is 13.4. The van der Waals surface area contributed by atoms with Crippen molar-refractivity contribution in [2.45, 2.75) is 45.2 Å². The van der Waals surface area contributed by atoms with E-state index in [0.29, 0.717) is 32.6 Å². The number of hydrogen-bond donors (Lipinski definition) is 2. The molecule has 0 aromatic carbocycles. The lowest BCUT2D eigenvalue weighted by atomic mass is 9.98. The predicted molar refractivity (Wildman–Crippen MR) is 107 cm³/mol. The minimum absolute atomic E-state index is 0.0353. The van der Waals surface area contributed by atoms with Crippen molar-refractivity contribution in [3.05, 3.63) is 30.1 Å². The molecule has 0 radical (unpaired) electrons. The van der Waals surface area contributed by atoms with Crippen LogP contribution in [0.4, 0.5) is 0 Å². The fourth-order valence-electron chi connectivity index (χ4n) is 5.21. The third kappa shape index (κ3) is 3.93. The zero-order valence-corrected chi connectivity index (χ0v) is 17.4. The van der Waals surface area contributed by atoms with Gasteiger partial charge in [0.1, 0.15) is 12.1 Å². The molecule has 1 aliphatic carbocycles. The maximum Gasteiger partial charge on any atom is 0.326 e. The molecule has 5 atom stereocenters.